The van der Waals surface area contributed by atoms with Gasteiger partial charge in [0.1, 0.15) is 5.92 Å². The highest BCUT2D eigenvalue weighted by Gasteiger charge is 2.41. The molecule has 0 aliphatic heterocycles. The summed E-state index contributed by atoms with van der Waals surface area (Å²) in [5, 5.41) is 0. The monoisotopic (exact) mass is 374 g/mol. The normalized spacial score (nSPS) is 12.4. The van der Waals surface area contributed by atoms with Gasteiger partial charge in [0.15, 0.2) is 0 Å². The van der Waals surface area contributed by atoms with Crippen LogP contribution >= 0.6 is 0 Å². The molecule has 0 fully saturated rings. The van der Waals surface area contributed by atoms with E-state index in [2.05, 4.69) is 18.8 Å². The van der Waals surface area contributed by atoms with Crippen LogP contribution in [0.1, 0.15) is 78.2 Å². The minimum Gasteiger partial charge on any atom is -0.327 e. The Morgan fingerprint density at radius 3 is 1.89 bits per heavy atom. The second-order valence-electron chi connectivity index (χ2n) is 6.65. The Balaban J connectivity index is 2.93. The molecule has 27 heavy (non-hydrogen) atoms. The molecule has 1 aromatic rings. The van der Waals surface area contributed by atoms with Crippen LogP contribution in [0, 0.1) is 17.8 Å². The largest absolute Gasteiger partial charge is 0.327 e. The lowest BCUT2D eigenvalue weighted by atomic mass is 9.97. The fraction of sp³-hybridized carbons (Fsp3) is 0.667. The zero-order chi connectivity index (χ0) is 19.8. The van der Waals surface area contributed by atoms with E-state index in [9.17, 15) is 0 Å². The molecule has 1 rings (SSSR count). The van der Waals surface area contributed by atoms with Gasteiger partial charge in [0, 0.05) is 25.4 Å². The summed E-state index contributed by atoms with van der Waals surface area (Å²) in [6.07, 6.45) is 8.40. The van der Waals surface area contributed by atoms with Gasteiger partial charge in [-0.2, -0.15) is 0 Å². The van der Waals surface area contributed by atoms with Crippen LogP contribution in [0.3, 0.4) is 0 Å². The molecule has 0 bridgehead atoms. The second-order valence-corrected chi connectivity index (χ2v) is 6.65. The van der Waals surface area contributed by atoms with Gasteiger partial charge in [-0.25, -0.2) is 0 Å². The minimum absolute atomic E-state index is 0.122. The van der Waals surface area contributed by atoms with Crippen molar-refractivity contribution in [3.05, 3.63) is 35.9 Å². The molecule has 0 radical (unpaired) electrons. The van der Waals surface area contributed by atoms with Crippen LogP contribution < -0.4 is 0 Å². The van der Waals surface area contributed by atoms with Crippen molar-refractivity contribution in [3.63, 3.8) is 0 Å². The van der Waals surface area contributed by atoms with Crippen molar-refractivity contribution in [3.8, 4) is 11.8 Å². The van der Waals surface area contributed by atoms with Gasteiger partial charge in [0.25, 0.3) is 5.97 Å². The van der Waals surface area contributed by atoms with Crippen molar-refractivity contribution in [1.29, 1.82) is 0 Å². The molecule has 0 aliphatic carbocycles. The zero-order valence-corrected chi connectivity index (χ0v) is 17.8. The Kier molecular flexibility index (Phi) is 12.9. The molecule has 0 spiro atoms. The Bertz CT molecular complexity index is 513. The van der Waals surface area contributed by atoms with Crippen molar-refractivity contribution in [2.45, 2.75) is 78.6 Å². The summed E-state index contributed by atoms with van der Waals surface area (Å²) in [4.78, 5) is 0. The van der Waals surface area contributed by atoms with Crippen molar-refractivity contribution < 1.29 is 14.2 Å². The summed E-state index contributed by atoms with van der Waals surface area (Å²) < 4.78 is 18.0. The Labute approximate surface area is 166 Å². The molecule has 1 aromatic carbocycles. The molecule has 0 saturated carbocycles. The third-order valence-electron chi connectivity index (χ3n) is 4.47. The van der Waals surface area contributed by atoms with Gasteiger partial charge in [-0.15, -0.1) is 0 Å². The maximum atomic E-state index is 6.01. The summed E-state index contributed by atoms with van der Waals surface area (Å²) in [5.74, 6) is 5.50. The fourth-order valence-electron chi connectivity index (χ4n) is 3.19. The van der Waals surface area contributed by atoms with Crippen LogP contribution in [-0.2, 0) is 14.2 Å². The van der Waals surface area contributed by atoms with Gasteiger partial charge in [0.05, 0.1) is 0 Å². The summed E-state index contributed by atoms with van der Waals surface area (Å²) in [7, 11) is 0. The van der Waals surface area contributed by atoms with Gasteiger partial charge in [0.2, 0.25) is 0 Å². The first kappa shape index (κ1) is 23.7. The Hall–Kier alpha value is -1.34. The third kappa shape index (κ3) is 8.93. The summed E-state index contributed by atoms with van der Waals surface area (Å²) in [6.45, 7) is 9.74. The van der Waals surface area contributed by atoms with E-state index in [1.807, 2.05) is 51.1 Å². The lowest BCUT2D eigenvalue weighted by Crippen LogP contribution is -2.46. The van der Waals surface area contributed by atoms with Crippen molar-refractivity contribution in [2.75, 3.05) is 19.8 Å². The maximum absolute atomic E-state index is 6.01. The molecular weight excluding hydrogens is 336 g/mol. The zero-order valence-electron chi connectivity index (χ0n) is 17.8. The number of ether oxygens (including phenoxy) is 3. The predicted molar refractivity (Wildman–Crippen MR) is 112 cm³/mol. The van der Waals surface area contributed by atoms with Gasteiger partial charge >= 0.3 is 0 Å². The highest BCUT2D eigenvalue weighted by atomic mass is 16.9. The molecule has 0 saturated heterocycles. The first-order valence-corrected chi connectivity index (χ1v) is 10.7. The molecule has 152 valence electrons. The topological polar surface area (TPSA) is 27.7 Å². The van der Waals surface area contributed by atoms with Crippen LogP contribution in [-0.4, -0.2) is 25.8 Å². The van der Waals surface area contributed by atoms with Gasteiger partial charge in [-0.1, -0.05) is 75.5 Å². The molecule has 3 nitrogen and oxygen atoms in total. The van der Waals surface area contributed by atoms with Crippen molar-refractivity contribution >= 4 is 0 Å². The SMILES string of the molecule is CCCCCCCCC(C#Cc1ccccc1)C(OCC)(OCC)OCC. The minimum atomic E-state index is -1.08. The standard InChI is InChI=1S/C24H38O3/c1-5-9-10-11-12-16-19-23(21-20-22-17-14-13-15-18-22)24(25-6-2,26-7-3)27-8-4/h13-15,17-18,23H,5-12,16,19H2,1-4H3. The highest BCUT2D eigenvalue weighted by molar-refractivity contribution is 5.34. The van der Waals surface area contributed by atoms with Crippen molar-refractivity contribution in [1.82, 2.24) is 0 Å². The quantitative estimate of drug-likeness (QED) is 0.221. The average molecular weight is 375 g/mol. The third-order valence-corrected chi connectivity index (χ3v) is 4.47. The van der Waals surface area contributed by atoms with E-state index in [0.717, 1.165) is 18.4 Å². The van der Waals surface area contributed by atoms with Gasteiger partial charge in [-0.3, -0.25) is 0 Å². The first-order chi connectivity index (χ1) is 13.2. The lowest BCUT2D eigenvalue weighted by Gasteiger charge is -2.36. The Morgan fingerprint density at radius 2 is 1.33 bits per heavy atom. The predicted octanol–water partition coefficient (Wildman–Crippen LogP) is 6.17. The number of rotatable bonds is 14. The lowest BCUT2D eigenvalue weighted by molar-refractivity contribution is -0.394. The summed E-state index contributed by atoms with van der Waals surface area (Å²) in [6, 6.07) is 10.1. The molecule has 1 unspecified atom stereocenters. The van der Waals surface area contributed by atoms with E-state index in [1.54, 1.807) is 0 Å². The van der Waals surface area contributed by atoms with E-state index < -0.39 is 5.97 Å². The van der Waals surface area contributed by atoms with E-state index in [-0.39, 0.29) is 5.92 Å². The van der Waals surface area contributed by atoms with Gasteiger partial charge in [-0.05, 0) is 39.3 Å². The van der Waals surface area contributed by atoms with Crippen LogP contribution in [0.2, 0.25) is 0 Å². The van der Waals surface area contributed by atoms with E-state index >= 15 is 0 Å². The Morgan fingerprint density at radius 1 is 0.778 bits per heavy atom. The van der Waals surface area contributed by atoms with Crippen LogP contribution in [0.4, 0.5) is 0 Å². The highest BCUT2D eigenvalue weighted by Crippen LogP contribution is 2.30. The van der Waals surface area contributed by atoms with E-state index in [4.69, 9.17) is 14.2 Å². The summed E-state index contributed by atoms with van der Waals surface area (Å²) in [5.41, 5.74) is 1.00. The van der Waals surface area contributed by atoms with Crippen LogP contribution in [0.5, 0.6) is 0 Å². The maximum Gasteiger partial charge on any atom is 0.297 e. The number of unbranched alkanes of at least 4 members (excludes halogenated alkanes) is 5. The van der Waals surface area contributed by atoms with Crippen LogP contribution in [0.25, 0.3) is 0 Å². The first-order valence-electron chi connectivity index (χ1n) is 10.7. The van der Waals surface area contributed by atoms with Crippen LogP contribution in [0.15, 0.2) is 30.3 Å². The number of benzene rings is 1. The van der Waals surface area contributed by atoms with E-state index in [0.29, 0.717) is 19.8 Å². The molecule has 0 N–H and O–H groups in total. The second kappa shape index (κ2) is 14.7. The number of hydrogen-bond donors (Lipinski definition) is 0. The molecule has 3 heteroatoms. The van der Waals surface area contributed by atoms with E-state index in [1.165, 1.54) is 32.1 Å². The van der Waals surface area contributed by atoms with Gasteiger partial charge < -0.3 is 14.2 Å². The molecule has 0 amide bonds. The summed E-state index contributed by atoms with van der Waals surface area (Å²) >= 11 is 0. The molecule has 1 atom stereocenters. The van der Waals surface area contributed by atoms with Crippen molar-refractivity contribution in [2.24, 2.45) is 5.92 Å². The average Bonchev–Trinajstić information content (AvgIpc) is 2.68. The molecule has 0 heterocycles. The smallest absolute Gasteiger partial charge is 0.297 e. The number of hydrogen-bond acceptors (Lipinski definition) is 3. The fourth-order valence-corrected chi connectivity index (χ4v) is 3.19. The molecule has 0 aliphatic rings. The molecular formula is C24H38O3. The molecule has 0 aromatic heterocycles.